The summed E-state index contributed by atoms with van der Waals surface area (Å²) < 4.78 is 23.9. The maximum atomic E-state index is 13.3. The molecule has 0 atom stereocenters. The number of esters is 1. The molecule has 1 aromatic heterocycles. The van der Waals surface area contributed by atoms with Crippen molar-refractivity contribution in [3.63, 3.8) is 0 Å². The van der Waals surface area contributed by atoms with E-state index in [1.165, 1.54) is 12.3 Å². The van der Waals surface area contributed by atoms with E-state index in [1.807, 2.05) is 0 Å². The smallest absolute Gasteiger partial charge is 0.308 e. The second-order valence-corrected chi connectivity index (χ2v) is 4.89. The van der Waals surface area contributed by atoms with E-state index in [0.717, 1.165) is 25.7 Å². The summed E-state index contributed by atoms with van der Waals surface area (Å²) in [6.07, 6.45) is 4.11. The van der Waals surface area contributed by atoms with Crippen LogP contribution >= 0.6 is 0 Å². The number of nitrogens with zero attached hydrogens (tertiary/aromatic N) is 1. The Morgan fingerprint density at radius 2 is 2.15 bits per heavy atom. The van der Waals surface area contributed by atoms with E-state index in [0.29, 0.717) is 6.61 Å². The lowest BCUT2D eigenvalue weighted by Gasteiger charge is -2.27. The van der Waals surface area contributed by atoms with Crippen molar-refractivity contribution >= 4 is 11.7 Å². The predicted octanol–water partition coefficient (Wildman–Crippen LogP) is 2.30. The molecule has 20 heavy (non-hydrogen) atoms. The Bertz CT molecular complexity index is 473. The van der Waals surface area contributed by atoms with E-state index in [2.05, 4.69) is 4.98 Å². The lowest BCUT2D eigenvalue weighted by molar-refractivity contribution is -0.149. The molecule has 1 aliphatic rings. The van der Waals surface area contributed by atoms with Gasteiger partial charge in [-0.3, -0.25) is 4.79 Å². The minimum atomic E-state index is -0.532. The number of hydrogen-bond acceptors (Lipinski definition) is 5. The maximum Gasteiger partial charge on any atom is 0.308 e. The number of hydrogen-bond donors (Lipinski definition) is 1. The average molecular weight is 282 g/mol. The number of aromatic nitrogens is 1. The normalized spacial score (nSPS) is 22.3. The summed E-state index contributed by atoms with van der Waals surface area (Å²) in [5.74, 6) is -0.486. The quantitative estimate of drug-likeness (QED) is 0.858. The number of halogens is 1. The first-order valence-electron chi connectivity index (χ1n) is 6.84. The van der Waals surface area contributed by atoms with Crippen LogP contribution in [-0.4, -0.2) is 23.7 Å². The van der Waals surface area contributed by atoms with Gasteiger partial charge in [-0.2, -0.15) is 0 Å². The Balaban J connectivity index is 1.85. The number of carbonyl (C=O) groups excluding carboxylic acids is 1. The van der Waals surface area contributed by atoms with Crippen LogP contribution in [0.2, 0.25) is 0 Å². The van der Waals surface area contributed by atoms with Gasteiger partial charge < -0.3 is 15.2 Å². The molecule has 0 aliphatic heterocycles. The minimum Gasteiger partial charge on any atom is -0.474 e. The first kappa shape index (κ1) is 14.6. The van der Waals surface area contributed by atoms with Gasteiger partial charge in [0.1, 0.15) is 6.10 Å². The zero-order chi connectivity index (χ0) is 14.5. The van der Waals surface area contributed by atoms with Gasteiger partial charge in [-0.05, 0) is 32.6 Å². The molecule has 0 spiro atoms. The topological polar surface area (TPSA) is 74.4 Å². The van der Waals surface area contributed by atoms with Gasteiger partial charge in [0.25, 0.3) is 0 Å². The first-order valence-corrected chi connectivity index (χ1v) is 6.84. The first-order chi connectivity index (χ1) is 9.60. The zero-order valence-electron chi connectivity index (χ0n) is 11.5. The van der Waals surface area contributed by atoms with Crippen LogP contribution in [0.3, 0.4) is 0 Å². The lowest BCUT2D eigenvalue weighted by Crippen LogP contribution is -2.29. The maximum absolute atomic E-state index is 13.3. The summed E-state index contributed by atoms with van der Waals surface area (Å²) in [6, 6.07) is 1.19. The van der Waals surface area contributed by atoms with Crippen molar-refractivity contribution in [1.82, 2.24) is 4.98 Å². The van der Waals surface area contributed by atoms with Gasteiger partial charge in [0, 0.05) is 6.07 Å². The highest BCUT2D eigenvalue weighted by Gasteiger charge is 2.28. The molecule has 2 N–H and O–H groups in total. The van der Waals surface area contributed by atoms with E-state index in [1.54, 1.807) is 6.92 Å². The van der Waals surface area contributed by atoms with Crippen molar-refractivity contribution in [3.05, 3.63) is 18.1 Å². The predicted molar refractivity (Wildman–Crippen MR) is 71.6 cm³/mol. The van der Waals surface area contributed by atoms with Crippen molar-refractivity contribution in [2.45, 2.75) is 38.7 Å². The van der Waals surface area contributed by atoms with Crippen molar-refractivity contribution in [2.24, 2.45) is 5.92 Å². The Labute approximate surface area is 117 Å². The summed E-state index contributed by atoms with van der Waals surface area (Å²) in [7, 11) is 0. The molecule has 1 fully saturated rings. The van der Waals surface area contributed by atoms with E-state index in [4.69, 9.17) is 15.2 Å². The fraction of sp³-hybridized carbons (Fsp3) is 0.571. The SMILES string of the molecule is CCOC(=O)C1CCC(Oc2cc(F)c(N)cn2)CC1. The lowest BCUT2D eigenvalue weighted by atomic mass is 9.87. The second-order valence-electron chi connectivity index (χ2n) is 4.89. The number of ether oxygens (including phenoxy) is 2. The summed E-state index contributed by atoms with van der Waals surface area (Å²) in [6.45, 7) is 2.21. The average Bonchev–Trinajstić information content (AvgIpc) is 2.44. The third kappa shape index (κ3) is 3.59. The van der Waals surface area contributed by atoms with Crippen LogP contribution in [0.25, 0.3) is 0 Å². The summed E-state index contributed by atoms with van der Waals surface area (Å²) in [5.41, 5.74) is 5.36. The molecule has 0 aromatic carbocycles. The Kier molecular flexibility index (Phi) is 4.76. The Morgan fingerprint density at radius 1 is 1.45 bits per heavy atom. The van der Waals surface area contributed by atoms with Crippen molar-refractivity contribution in [2.75, 3.05) is 12.3 Å². The molecule has 1 saturated carbocycles. The minimum absolute atomic E-state index is 0.00312. The van der Waals surface area contributed by atoms with Crippen LogP contribution in [0, 0.1) is 11.7 Å². The second kappa shape index (κ2) is 6.54. The molecule has 2 rings (SSSR count). The summed E-state index contributed by atoms with van der Waals surface area (Å²) >= 11 is 0. The zero-order valence-corrected chi connectivity index (χ0v) is 11.5. The van der Waals surface area contributed by atoms with Crippen LogP contribution in [0.1, 0.15) is 32.6 Å². The molecule has 1 heterocycles. The van der Waals surface area contributed by atoms with Gasteiger partial charge >= 0.3 is 5.97 Å². The number of pyridine rings is 1. The van der Waals surface area contributed by atoms with Gasteiger partial charge in [-0.1, -0.05) is 0 Å². The molecule has 0 saturated heterocycles. The highest BCUT2D eigenvalue weighted by molar-refractivity contribution is 5.72. The van der Waals surface area contributed by atoms with Gasteiger partial charge in [0.05, 0.1) is 24.4 Å². The molecule has 0 unspecified atom stereocenters. The molecular weight excluding hydrogens is 263 g/mol. The third-order valence-electron chi connectivity index (χ3n) is 3.44. The highest BCUT2D eigenvalue weighted by atomic mass is 19.1. The van der Waals surface area contributed by atoms with Crippen LogP contribution < -0.4 is 10.5 Å². The number of nitrogens with two attached hydrogens (primary N) is 1. The molecule has 1 aromatic rings. The Morgan fingerprint density at radius 3 is 2.75 bits per heavy atom. The molecule has 5 nitrogen and oxygen atoms in total. The molecule has 110 valence electrons. The van der Waals surface area contributed by atoms with Gasteiger partial charge in [0.15, 0.2) is 5.82 Å². The molecule has 0 radical (unpaired) electrons. The number of anilines is 1. The van der Waals surface area contributed by atoms with Crippen LogP contribution in [0.5, 0.6) is 5.88 Å². The molecule has 1 aliphatic carbocycles. The largest absolute Gasteiger partial charge is 0.474 e. The molecule has 6 heteroatoms. The standard InChI is InChI=1S/C14H19FN2O3/c1-2-19-14(18)9-3-5-10(6-4-9)20-13-7-11(15)12(16)8-17-13/h7-10H,2-6,16H2,1H3. The van der Waals surface area contributed by atoms with E-state index >= 15 is 0 Å². The fourth-order valence-corrected chi connectivity index (χ4v) is 2.34. The van der Waals surface area contributed by atoms with E-state index in [-0.39, 0.29) is 29.6 Å². The van der Waals surface area contributed by atoms with Crippen LogP contribution in [-0.2, 0) is 9.53 Å². The van der Waals surface area contributed by atoms with Crippen molar-refractivity contribution in [1.29, 1.82) is 0 Å². The summed E-state index contributed by atoms with van der Waals surface area (Å²) in [5, 5.41) is 0. The van der Waals surface area contributed by atoms with Crippen LogP contribution in [0.15, 0.2) is 12.3 Å². The summed E-state index contributed by atoms with van der Waals surface area (Å²) in [4.78, 5) is 15.5. The fourth-order valence-electron chi connectivity index (χ4n) is 2.34. The molecule has 0 amide bonds. The third-order valence-corrected chi connectivity index (χ3v) is 3.44. The highest BCUT2D eigenvalue weighted by Crippen LogP contribution is 2.28. The number of rotatable bonds is 4. The van der Waals surface area contributed by atoms with Gasteiger partial charge in [0.2, 0.25) is 5.88 Å². The van der Waals surface area contributed by atoms with Crippen LogP contribution in [0.4, 0.5) is 10.1 Å². The van der Waals surface area contributed by atoms with Gasteiger partial charge in [-0.15, -0.1) is 0 Å². The number of carbonyl (C=O) groups is 1. The van der Waals surface area contributed by atoms with Crippen molar-refractivity contribution in [3.8, 4) is 5.88 Å². The van der Waals surface area contributed by atoms with Crippen molar-refractivity contribution < 1.29 is 18.7 Å². The molecule has 0 bridgehead atoms. The monoisotopic (exact) mass is 282 g/mol. The van der Waals surface area contributed by atoms with E-state index in [9.17, 15) is 9.18 Å². The van der Waals surface area contributed by atoms with Gasteiger partial charge in [-0.25, -0.2) is 9.37 Å². The molecular formula is C14H19FN2O3. The Hall–Kier alpha value is -1.85. The number of nitrogen functional groups attached to an aromatic ring is 1. The van der Waals surface area contributed by atoms with E-state index < -0.39 is 5.82 Å².